The van der Waals surface area contributed by atoms with E-state index in [2.05, 4.69) is 26.3 Å². The van der Waals surface area contributed by atoms with E-state index >= 15 is 0 Å². The highest BCUT2D eigenvalue weighted by atomic mass is 19.4. The summed E-state index contributed by atoms with van der Waals surface area (Å²) in [6.07, 6.45) is -1.33. The molecule has 7 heteroatoms. The van der Waals surface area contributed by atoms with Crippen molar-refractivity contribution in [1.29, 1.82) is 0 Å². The zero-order valence-corrected chi connectivity index (χ0v) is 12.0. The molecular weight excluding hydrogens is 305 g/mol. The van der Waals surface area contributed by atoms with Crippen LogP contribution in [0.25, 0.3) is 11.0 Å². The number of fused-ring (bicyclic) bond motifs is 2. The maximum absolute atomic E-state index is 12.9. The average Bonchev–Trinajstić information content (AvgIpc) is 3.12. The Hall–Kier alpha value is -2.57. The van der Waals surface area contributed by atoms with Gasteiger partial charge in [0, 0.05) is 0 Å². The molecule has 0 saturated carbocycles. The number of aromatic amines is 1. The normalized spacial score (nSPS) is 17.4. The van der Waals surface area contributed by atoms with Crippen molar-refractivity contribution in [3.63, 3.8) is 0 Å². The fourth-order valence-electron chi connectivity index (χ4n) is 3.08. The lowest BCUT2D eigenvalue weighted by atomic mass is 10.1. The second-order valence-corrected chi connectivity index (χ2v) is 5.60. The molecule has 1 aliphatic carbocycles. The third kappa shape index (κ3) is 2.42. The van der Waals surface area contributed by atoms with Gasteiger partial charge >= 0.3 is 6.18 Å². The van der Waals surface area contributed by atoms with Crippen LogP contribution in [0.2, 0.25) is 0 Å². The smallest absolute Gasteiger partial charge is 0.363 e. The zero-order valence-electron chi connectivity index (χ0n) is 12.0. The minimum Gasteiger partial charge on any atom is -0.363 e. The minimum absolute atomic E-state index is 0.0496. The van der Waals surface area contributed by atoms with Gasteiger partial charge in [-0.2, -0.15) is 13.2 Å². The molecule has 1 aromatic carbocycles. The molecule has 4 rings (SSSR count). The molecule has 1 aliphatic rings. The van der Waals surface area contributed by atoms with E-state index in [9.17, 15) is 13.2 Å². The van der Waals surface area contributed by atoms with Crippen LogP contribution in [0, 0.1) is 0 Å². The van der Waals surface area contributed by atoms with Crippen LogP contribution in [0.5, 0.6) is 0 Å². The first kappa shape index (κ1) is 14.0. The lowest BCUT2D eigenvalue weighted by Gasteiger charge is -2.15. The first-order valence-electron chi connectivity index (χ1n) is 7.27. The maximum Gasteiger partial charge on any atom is 0.431 e. The predicted octanol–water partition coefficient (Wildman–Crippen LogP) is 4.08. The zero-order chi connectivity index (χ0) is 16.0. The summed E-state index contributed by atoms with van der Waals surface area (Å²) in [5.74, 6) is 0.420. The van der Waals surface area contributed by atoms with E-state index in [1.807, 2.05) is 18.2 Å². The van der Waals surface area contributed by atoms with Crippen LogP contribution in [-0.4, -0.2) is 15.0 Å². The van der Waals surface area contributed by atoms with E-state index in [0.717, 1.165) is 18.9 Å². The summed E-state index contributed by atoms with van der Waals surface area (Å²) in [4.78, 5) is 10.3. The third-order valence-electron chi connectivity index (χ3n) is 4.17. The Kier molecular flexibility index (Phi) is 3.04. The largest absolute Gasteiger partial charge is 0.431 e. The van der Waals surface area contributed by atoms with Crippen molar-refractivity contribution in [2.75, 3.05) is 5.32 Å². The van der Waals surface area contributed by atoms with Gasteiger partial charge < -0.3 is 10.3 Å². The van der Waals surface area contributed by atoms with Gasteiger partial charge in [0.2, 0.25) is 0 Å². The number of aromatic nitrogens is 3. The molecule has 0 saturated heterocycles. The summed E-state index contributed by atoms with van der Waals surface area (Å²) in [7, 11) is 0. The molecule has 0 aliphatic heterocycles. The molecule has 2 aromatic heterocycles. The molecule has 23 heavy (non-hydrogen) atoms. The molecular formula is C16H13F3N4. The van der Waals surface area contributed by atoms with Crippen molar-refractivity contribution >= 4 is 16.9 Å². The van der Waals surface area contributed by atoms with Gasteiger partial charge in [-0.15, -0.1) is 0 Å². The van der Waals surface area contributed by atoms with Crippen LogP contribution in [0.4, 0.5) is 19.0 Å². The van der Waals surface area contributed by atoms with Gasteiger partial charge in [-0.05, 0) is 30.0 Å². The van der Waals surface area contributed by atoms with Gasteiger partial charge in [0.15, 0.2) is 0 Å². The number of nitrogens with one attached hydrogen (secondary N) is 2. The average molecular weight is 318 g/mol. The summed E-state index contributed by atoms with van der Waals surface area (Å²) in [5.41, 5.74) is 1.80. The number of halogens is 3. The number of anilines is 1. The number of benzene rings is 1. The number of alkyl halides is 3. The van der Waals surface area contributed by atoms with E-state index in [0.29, 0.717) is 11.2 Å². The molecule has 0 radical (unpaired) electrons. The lowest BCUT2D eigenvalue weighted by Crippen LogP contribution is -2.08. The Balaban J connectivity index is 1.71. The molecule has 3 aromatic rings. The van der Waals surface area contributed by atoms with E-state index < -0.39 is 11.9 Å². The Morgan fingerprint density at radius 2 is 2.00 bits per heavy atom. The van der Waals surface area contributed by atoms with Gasteiger partial charge in [-0.25, -0.2) is 9.97 Å². The van der Waals surface area contributed by atoms with Crippen LogP contribution in [-0.2, 0) is 12.6 Å². The van der Waals surface area contributed by atoms with Gasteiger partial charge in [0.05, 0.1) is 11.4 Å². The monoisotopic (exact) mass is 318 g/mol. The molecule has 0 spiro atoms. The number of hydrogen-bond acceptors (Lipinski definition) is 3. The molecule has 2 N–H and O–H groups in total. The Labute approximate surface area is 129 Å². The highest BCUT2D eigenvalue weighted by Crippen LogP contribution is 2.36. The number of H-pyrrole nitrogens is 1. The second-order valence-electron chi connectivity index (χ2n) is 5.60. The molecule has 0 unspecified atom stereocenters. The highest BCUT2D eigenvalue weighted by Gasteiger charge is 2.33. The fraction of sp³-hybridized carbons (Fsp3) is 0.250. The van der Waals surface area contributed by atoms with Crippen LogP contribution < -0.4 is 5.32 Å². The van der Waals surface area contributed by atoms with Crippen molar-refractivity contribution in [3.05, 3.63) is 53.5 Å². The Morgan fingerprint density at radius 3 is 2.83 bits per heavy atom. The highest BCUT2D eigenvalue weighted by molar-refractivity contribution is 5.88. The van der Waals surface area contributed by atoms with Gasteiger partial charge in [-0.3, -0.25) is 0 Å². The van der Waals surface area contributed by atoms with Crippen LogP contribution >= 0.6 is 0 Å². The first-order valence-corrected chi connectivity index (χ1v) is 7.27. The lowest BCUT2D eigenvalue weighted by molar-refractivity contribution is -0.140. The van der Waals surface area contributed by atoms with Crippen molar-refractivity contribution in [1.82, 2.24) is 15.0 Å². The van der Waals surface area contributed by atoms with Crippen LogP contribution in [0.1, 0.15) is 29.3 Å². The van der Waals surface area contributed by atoms with Crippen LogP contribution in [0.15, 0.2) is 36.7 Å². The van der Waals surface area contributed by atoms with Gasteiger partial charge in [0.25, 0.3) is 0 Å². The van der Waals surface area contributed by atoms with Crippen molar-refractivity contribution < 1.29 is 13.2 Å². The van der Waals surface area contributed by atoms with E-state index in [1.54, 1.807) is 0 Å². The third-order valence-corrected chi connectivity index (χ3v) is 4.17. The minimum atomic E-state index is -4.43. The molecule has 4 nitrogen and oxygen atoms in total. The van der Waals surface area contributed by atoms with E-state index in [4.69, 9.17) is 0 Å². The Morgan fingerprint density at radius 1 is 1.17 bits per heavy atom. The summed E-state index contributed by atoms with van der Waals surface area (Å²) in [6, 6.07) is 9.17. The number of hydrogen-bond donors (Lipinski definition) is 2. The van der Waals surface area contributed by atoms with E-state index in [1.165, 1.54) is 17.5 Å². The number of nitrogens with zero attached hydrogens (tertiary/aromatic N) is 2. The van der Waals surface area contributed by atoms with Crippen LogP contribution in [0.3, 0.4) is 0 Å². The second kappa shape index (κ2) is 4.97. The first-order chi connectivity index (χ1) is 11.0. The Bertz CT molecular complexity index is 869. The van der Waals surface area contributed by atoms with Gasteiger partial charge in [0.1, 0.15) is 23.5 Å². The molecule has 2 heterocycles. The SMILES string of the molecule is FC(F)(F)c1cc2c(N[C@@H]3CCc4ccccc43)ncnc2[nH]1. The number of aryl methyl sites for hydroxylation is 1. The number of rotatable bonds is 2. The van der Waals surface area contributed by atoms with Crippen molar-refractivity contribution in [2.45, 2.75) is 25.1 Å². The quantitative estimate of drug-likeness (QED) is 0.749. The molecule has 1 atom stereocenters. The van der Waals surface area contributed by atoms with Crippen molar-refractivity contribution in [2.24, 2.45) is 0 Å². The van der Waals surface area contributed by atoms with Gasteiger partial charge in [-0.1, -0.05) is 24.3 Å². The molecule has 0 bridgehead atoms. The molecule has 0 amide bonds. The van der Waals surface area contributed by atoms with Crippen molar-refractivity contribution in [3.8, 4) is 0 Å². The topological polar surface area (TPSA) is 53.6 Å². The summed E-state index contributed by atoms with van der Waals surface area (Å²) < 4.78 is 38.6. The standard InChI is InChI=1S/C16H13F3N4/c17-16(18,19)13-7-11-14(20-8-21-15(11)23-13)22-12-6-5-9-3-1-2-4-10(9)12/h1-4,7-8,12H,5-6H2,(H2,20,21,22,23)/t12-/m1/s1. The molecule has 118 valence electrons. The summed E-state index contributed by atoms with van der Waals surface area (Å²) in [5, 5.41) is 3.62. The fourth-order valence-corrected chi connectivity index (χ4v) is 3.08. The maximum atomic E-state index is 12.9. The summed E-state index contributed by atoms with van der Waals surface area (Å²) in [6.45, 7) is 0. The van der Waals surface area contributed by atoms with E-state index in [-0.39, 0.29) is 11.7 Å². The summed E-state index contributed by atoms with van der Waals surface area (Å²) >= 11 is 0. The predicted molar refractivity (Wildman–Crippen MR) is 80.0 cm³/mol. The molecule has 0 fully saturated rings.